The molecular formula is C25H26FN3O4. The van der Waals surface area contributed by atoms with Crippen LogP contribution in [-0.4, -0.2) is 39.1 Å². The number of hydrogen-bond donors (Lipinski definition) is 1. The van der Waals surface area contributed by atoms with Crippen LogP contribution in [0.1, 0.15) is 25.7 Å². The topological polar surface area (TPSA) is 94.3 Å². The summed E-state index contributed by atoms with van der Waals surface area (Å²) < 4.78 is 20.5. The first-order valence-corrected chi connectivity index (χ1v) is 11.1. The molecule has 2 aromatic heterocycles. The van der Waals surface area contributed by atoms with E-state index in [-0.39, 0.29) is 12.2 Å². The minimum Gasteiger partial charge on any atom is -0.480 e. The number of aromatic nitrogens is 3. The summed E-state index contributed by atoms with van der Waals surface area (Å²) in [5.74, 6) is -0.922. The van der Waals surface area contributed by atoms with Crippen molar-refractivity contribution in [2.75, 3.05) is 13.2 Å². The van der Waals surface area contributed by atoms with Crippen LogP contribution in [0, 0.1) is 17.8 Å². The van der Waals surface area contributed by atoms with E-state index >= 15 is 0 Å². The zero-order valence-electron chi connectivity index (χ0n) is 18.2. The second kappa shape index (κ2) is 10.5. The molecule has 0 bridgehead atoms. The molecule has 7 nitrogen and oxygen atoms in total. The van der Waals surface area contributed by atoms with Gasteiger partial charge in [-0.3, -0.25) is 4.79 Å². The summed E-state index contributed by atoms with van der Waals surface area (Å²) in [6, 6.07) is 14.0. The number of carboxylic acid groups (broad SMARTS) is 1. The lowest BCUT2D eigenvalue weighted by Gasteiger charge is -2.28. The second-order valence-electron chi connectivity index (χ2n) is 8.46. The van der Waals surface area contributed by atoms with Crippen molar-refractivity contribution >= 4 is 5.97 Å². The van der Waals surface area contributed by atoms with E-state index < -0.39 is 11.9 Å². The predicted octanol–water partition coefficient (Wildman–Crippen LogP) is 4.02. The van der Waals surface area contributed by atoms with Crippen molar-refractivity contribution < 1.29 is 19.0 Å². The lowest BCUT2D eigenvalue weighted by Crippen LogP contribution is -2.29. The largest absolute Gasteiger partial charge is 0.480 e. The zero-order chi connectivity index (χ0) is 23.2. The summed E-state index contributed by atoms with van der Waals surface area (Å²) in [7, 11) is 0. The molecule has 1 N–H and O–H groups in total. The maximum atomic E-state index is 13.8. The smallest absolute Gasteiger partial charge is 0.329 e. The van der Waals surface area contributed by atoms with Crippen molar-refractivity contribution in [1.82, 2.24) is 14.8 Å². The van der Waals surface area contributed by atoms with Gasteiger partial charge in [0.15, 0.2) is 0 Å². The average molecular weight is 451 g/mol. The van der Waals surface area contributed by atoms with Gasteiger partial charge in [-0.1, -0.05) is 30.3 Å². The standard InChI is InChI=1S/C25H26FN3O4/c26-22-12-20(10-11-27-22)21-13-23(30)29(28-25(21)19-4-2-1-3-5-19)14-17-6-8-18(9-7-17)15-33-16-24(31)32/h1-5,10-13,17-18H,6-9,14-16H2,(H,31,32)/t17-,18-. The number of pyridine rings is 1. The fourth-order valence-electron chi connectivity index (χ4n) is 4.36. The zero-order valence-corrected chi connectivity index (χ0v) is 18.2. The van der Waals surface area contributed by atoms with Gasteiger partial charge in [-0.25, -0.2) is 14.5 Å². The Bertz CT molecular complexity index is 1160. The third-order valence-corrected chi connectivity index (χ3v) is 6.06. The molecule has 0 saturated heterocycles. The molecule has 1 aliphatic rings. The molecule has 0 spiro atoms. The SMILES string of the molecule is O=C(O)COC[C@H]1CC[C@H](Cn2nc(-c3ccccc3)c(-c3ccnc(F)c3)cc2=O)CC1. The van der Waals surface area contributed by atoms with Gasteiger partial charge in [-0.2, -0.15) is 9.49 Å². The number of benzene rings is 1. The first-order valence-electron chi connectivity index (χ1n) is 11.1. The number of ether oxygens (including phenoxy) is 1. The fraction of sp³-hybridized carbons (Fsp3) is 0.360. The average Bonchev–Trinajstić information content (AvgIpc) is 2.81. The molecule has 3 aromatic rings. The van der Waals surface area contributed by atoms with Gasteiger partial charge in [-0.05, 0) is 49.1 Å². The van der Waals surface area contributed by atoms with E-state index in [9.17, 15) is 14.0 Å². The van der Waals surface area contributed by atoms with Gasteiger partial charge in [0.05, 0.1) is 12.3 Å². The molecule has 0 radical (unpaired) electrons. The number of hydrogen-bond acceptors (Lipinski definition) is 5. The van der Waals surface area contributed by atoms with E-state index in [4.69, 9.17) is 14.9 Å². The lowest BCUT2D eigenvalue weighted by molar-refractivity contribution is -0.142. The van der Waals surface area contributed by atoms with Gasteiger partial charge < -0.3 is 9.84 Å². The summed E-state index contributed by atoms with van der Waals surface area (Å²) in [5, 5.41) is 13.4. The van der Waals surface area contributed by atoms with Crippen LogP contribution in [0.2, 0.25) is 0 Å². The molecule has 1 aliphatic carbocycles. The maximum Gasteiger partial charge on any atom is 0.329 e. The molecule has 0 unspecified atom stereocenters. The highest BCUT2D eigenvalue weighted by Crippen LogP contribution is 2.31. The molecule has 8 heteroatoms. The highest BCUT2D eigenvalue weighted by molar-refractivity contribution is 5.79. The number of rotatable bonds is 8. The monoisotopic (exact) mass is 451 g/mol. The molecule has 0 atom stereocenters. The Labute approximate surface area is 190 Å². The Morgan fingerprint density at radius 3 is 2.48 bits per heavy atom. The minimum atomic E-state index is -0.957. The molecule has 1 aromatic carbocycles. The molecule has 33 heavy (non-hydrogen) atoms. The van der Waals surface area contributed by atoms with E-state index in [1.165, 1.54) is 23.0 Å². The Hall–Kier alpha value is -3.39. The number of nitrogens with zero attached hydrogens (tertiary/aromatic N) is 3. The van der Waals surface area contributed by atoms with Crippen molar-refractivity contribution in [3.8, 4) is 22.4 Å². The highest BCUT2D eigenvalue weighted by Gasteiger charge is 2.23. The van der Waals surface area contributed by atoms with Crippen LogP contribution in [0.4, 0.5) is 4.39 Å². The van der Waals surface area contributed by atoms with E-state index in [1.54, 1.807) is 6.07 Å². The molecule has 2 heterocycles. The Morgan fingerprint density at radius 1 is 1.06 bits per heavy atom. The summed E-state index contributed by atoms with van der Waals surface area (Å²) in [6.45, 7) is 0.689. The number of carboxylic acids is 1. The normalized spacial score (nSPS) is 18.2. The van der Waals surface area contributed by atoms with E-state index in [1.807, 2.05) is 30.3 Å². The summed E-state index contributed by atoms with van der Waals surface area (Å²) in [6.07, 6.45) is 5.09. The molecule has 1 fully saturated rings. The molecule has 4 rings (SSSR count). The van der Waals surface area contributed by atoms with E-state index in [0.717, 1.165) is 31.2 Å². The third kappa shape index (κ3) is 5.90. The summed E-state index contributed by atoms with van der Waals surface area (Å²) >= 11 is 0. The highest BCUT2D eigenvalue weighted by atomic mass is 19.1. The molecule has 172 valence electrons. The van der Waals surface area contributed by atoms with Crippen LogP contribution in [0.3, 0.4) is 0 Å². The van der Waals surface area contributed by atoms with E-state index in [0.29, 0.717) is 41.8 Å². The molecule has 0 aliphatic heterocycles. The summed E-state index contributed by atoms with van der Waals surface area (Å²) in [4.78, 5) is 27.2. The maximum absolute atomic E-state index is 13.8. The first kappa shape index (κ1) is 22.8. The number of carbonyl (C=O) groups is 1. The van der Waals surface area contributed by atoms with Crippen LogP contribution < -0.4 is 5.56 Å². The van der Waals surface area contributed by atoms with Crippen LogP contribution in [-0.2, 0) is 16.1 Å². The van der Waals surface area contributed by atoms with Gasteiger partial charge in [0.25, 0.3) is 5.56 Å². The van der Waals surface area contributed by atoms with Crippen LogP contribution in [0.25, 0.3) is 22.4 Å². The number of aliphatic carboxylic acids is 1. The Morgan fingerprint density at radius 2 is 1.79 bits per heavy atom. The molecule has 1 saturated carbocycles. The van der Waals surface area contributed by atoms with Gasteiger partial charge in [-0.15, -0.1) is 0 Å². The third-order valence-electron chi connectivity index (χ3n) is 6.06. The predicted molar refractivity (Wildman–Crippen MR) is 121 cm³/mol. The van der Waals surface area contributed by atoms with Crippen LogP contribution >= 0.6 is 0 Å². The van der Waals surface area contributed by atoms with Gasteiger partial charge in [0.2, 0.25) is 5.95 Å². The van der Waals surface area contributed by atoms with Gasteiger partial charge in [0.1, 0.15) is 6.61 Å². The van der Waals surface area contributed by atoms with Crippen molar-refractivity contribution in [3.05, 3.63) is 71.0 Å². The van der Waals surface area contributed by atoms with Gasteiger partial charge in [0, 0.05) is 36.0 Å². The van der Waals surface area contributed by atoms with Crippen molar-refractivity contribution in [2.24, 2.45) is 11.8 Å². The van der Waals surface area contributed by atoms with Crippen LogP contribution in [0.15, 0.2) is 59.5 Å². The second-order valence-corrected chi connectivity index (χ2v) is 8.46. The Kier molecular flexibility index (Phi) is 7.24. The van der Waals surface area contributed by atoms with Gasteiger partial charge >= 0.3 is 5.97 Å². The van der Waals surface area contributed by atoms with E-state index in [2.05, 4.69) is 4.98 Å². The molecule has 0 amide bonds. The van der Waals surface area contributed by atoms with Crippen LogP contribution in [0.5, 0.6) is 0 Å². The van der Waals surface area contributed by atoms with Crippen molar-refractivity contribution in [2.45, 2.75) is 32.2 Å². The summed E-state index contributed by atoms with van der Waals surface area (Å²) in [5.41, 5.74) is 2.37. The lowest BCUT2D eigenvalue weighted by atomic mass is 9.82. The number of halogens is 1. The minimum absolute atomic E-state index is 0.228. The molecular weight excluding hydrogens is 425 g/mol. The van der Waals surface area contributed by atoms with Crippen molar-refractivity contribution in [3.63, 3.8) is 0 Å². The van der Waals surface area contributed by atoms with Crippen molar-refractivity contribution in [1.29, 1.82) is 0 Å². The first-order chi connectivity index (χ1) is 16.0. The Balaban J connectivity index is 1.54. The fourth-order valence-corrected chi connectivity index (χ4v) is 4.36. The quantitative estimate of drug-likeness (QED) is 0.520.